The van der Waals surface area contributed by atoms with Crippen molar-refractivity contribution in [3.8, 4) is 5.75 Å². The number of benzene rings is 1. The molecule has 0 amide bonds. The number of imidazole rings is 1. The van der Waals surface area contributed by atoms with Gasteiger partial charge in [-0.15, -0.1) is 0 Å². The minimum atomic E-state index is 0.0968. The largest absolute Gasteiger partial charge is 0.496 e. The fourth-order valence-electron chi connectivity index (χ4n) is 2.37. The highest BCUT2D eigenvalue weighted by Crippen LogP contribution is 2.25. The number of ether oxygens (including phenoxy) is 1. The first-order valence-corrected chi connectivity index (χ1v) is 6.54. The number of nitrogens with one attached hydrogen (secondary N) is 1. The molecule has 0 fully saturated rings. The van der Waals surface area contributed by atoms with Gasteiger partial charge >= 0.3 is 0 Å². The van der Waals surface area contributed by atoms with Crippen molar-refractivity contribution in [2.24, 2.45) is 0 Å². The van der Waals surface area contributed by atoms with E-state index in [1.54, 1.807) is 7.11 Å². The van der Waals surface area contributed by atoms with Crippen molar-refractivity contribution in [2.45, 2.75) is 26.4 Å². The smallest absolute Gasteiger partial charge is 0.130 e. The van der Waals surface area contributed by atoms with E-state index in [-0.39, 0.29) is 6.04 Å². The molecule has 0 saturated carbocycles. The molecule has 0 aliphatic carbocycles. The number of aryl methyl sites for hydroxylation is 2. The summed E-state index contributed by atoms with van der Waals surface area (Å²) in [5, 5.41) is 3.34. The van der Waals surface area contributed by atoms with Crippen molar-refractivity contribution < 1.29 is 4.74 Å². The summed E-state index contributed by atoms with van der Waals surface area (Å²) in [4.78, 5) is 4.48. The first-order chi connectivity index (χ1) is 9.21. The zero-order chi connectivity index (χ0) is 13.8. The molecule has 0 spiro atoms. The van der Waals surface area contributed by atoms with Gasteiger partial charge in [-0.3, -0.25) is 0 Å². The molecule has 1 N–H and O–H groups in total. The molecule has 0 radical (unpaired) electrons. The molecule has 0 bridgehead atoms. The van der Waals surface area contributed by atoms with E-state index in [2.05, 4.69) is 40.8 Å². The number of hydrogen-bond donors (Lipinski definition) is 1. The number of aromatic nitrogens is 2. The Balaban J connectivity index is 2.40. The maximum Gasteiger partial charge on any atom is 0.130 e. The Kier molecular flexibility index (Phi) is 4.22. The van der Waals surface area contributed by atoms with Gasteiger partial charge in [0.1, 0.15) is 11.6 Å². The molecule has 0 saturated heterocycles. The summed E-state index contributed by atoms with van der Waals surface area (Å²) < 4.78 is 7.46. The number of nitrogens with zero attached hydrogens (tertiary/aromatic N) is 2. The Morgan fingerprint density at radius 3 is 2.79 bits per heavy atom. The van der Waals surface area contributed by atoms with Crippen LogP contribution < -0.4 is 10.1 Å². The molecular formula is C15H21N3O. The van der Waals surface area contributed by atoms with Crippen LogP contribution in [0.1, 0.15) is 29.9 Å². The molecule has 102 valence electrons. The predicted octanol–water partition coefficient (Wildman–Crippen LogP) is 2.53. The Hall–Kier alpha value is -1.81. The van der Waals surface area contributed by atoms with Crippen molar-refractivity contribution in [3.63, 3.8) is 0 Å². The summed E-state index contributed by atoms with van der Waals surface area (Å²) in [7, 11) is 3.65. The lowest BCUT2D eigenvalue weighted by molar-refractivity contribution is 0.411. The molecule has 2 aromatic rings. The summed E-state index contributed by atoms with van der Waals surface area (Å²) in [5.41, 5.74) is 2.33. The molecule has 1 unspecified atom stereocenters. The average Bonchev–Trinajstić information content (AvgIpc) is 2.88. The zero-order valence-corrected chi connectivity index (χ0v) is 12.0. The van der Waals surface area contributed by atoms with E-state index in [9.17, 15) is 0 Å². The summed E-state index contributed by atoms with van der Waals surface area (Å²) in [5.74, 6) is 1.95. The Bertz CT molecular complexity index is 548. The van der Waals surface area contributed by atoms with Gasteiger partial charge in [0.25, 0.3) is 0 Å². The maximum absolute atomic E-state index is 5.31. The van der Waals surface area contributed by atoms with Crippen LogP contribution in [0.4, 0.5) is 0 Å². The Morgan fingerprint density at radius 2 is 2.21 bits per heavy atom. The van der Waals surface area contributed by atoms with E-state index < -0.39 is 0 Å². The lowest BCUT2D eigenvalue weighted by atomic mass is 10.0. The summed E-state index contributed by atoms with van der Waals surface area (Å²) >= 11 is 0. The summed E-state index contributed by atoms with van der Waals surface area (Å²) in [6.45, 7) is 5.10. The topological polar surface area (TPSA) is 39.1 Å². The summed E-state index contributed by atoms with van der Waals surface area (Å²) in [6, 6.07) is 6.34. The van der Waals surface area contributed by atoms with Gasteiger partial charge in [-0.1, -0.05) is 12.1 Å². The van der Waals surface area contributed by atoms with Crippen LogP contribution in [0.2, 0.25) is 0 Å². The lowest BCUT2D eigenvalue weighted by Crippen LogP contribution is -2.22. The molecule has 1 atom stereocenters. The second kappa shape index (κ2) is 5.89. The van der Waals surface area contributed by atoms with Gasteiger partial charge in [0.05, 0.1) is 13.2 Å². The van der Waals surface area contributed by atoms with Gasteiger partial charge in [0.15, 0.2) is 0 Å². The lowest BCUT2D eigenvalue weighted by Gasteiger charge is -2.18. The normalized spacial score (nSPS) is 12.4. The van der Waals surface area contributed by atoms with Crippen LogP contribution in [0.3, 0.4) is 0 Å². The third kappa shape index (κ3) is 2.63. The molecule has 1 aromatic heterocycles. The van der Waals surface area contributed by atoms with Gasteiger partial charge < -0.3 is 14.6 Å². The minimum Gasteiger partial charge on any atom is -0.496 e. The second-order valence-electron chi connectivity index (χ2n) is 4.52. The standard InChI is InChI=1S/C15H21N3O/c1-5-18-9-8-17-15(18)14(16-3)12-6-7-13(19-4)11(2)10-12/h6-10,14,16H,5H2,1-4H3. The number of rotatable bonds is 5. The van der Waals surface area contributed by atoms with E-state index >= 15 is 0 Å². The first kappa shape index (κ1) is 13.6. The zero-order valence-electron chi connectivity index (χ0n) is 12.0. The highest BCUT2D eigenvalue weighted by atomic mass is 16.5. The van der Waals surface area contributed by atoms with Crippen LogP contribution in [0.25, 0.3) is 0 Å². The molecule has 4 heteroatoms. The molecule has 0 aliphatic heterocycles. The van der Waals surface area contributed by atoms with Gasteiger partial charge in [0.2, 0.25) is 0 Å². The van der Waals surface area contributed by atoms with Gasteiger partial charge in [-0.05, 0) is 38.1 Å². The average molecular weight is 259 g/mol. The van der Waals surface area contributed by atoms with Crippen LogP contribution in [-0.2, 0) is 6.54 Å². The highest BCUT2D eigenvalue weighted by Gasteiger charge is 2.17. The fourth-order valence-corrected chi connectivity index (χ4v) is 2.37. The Labute approximate surface area is 114 Å². The van der Waals surface area contributed by atoms with E-state index in [1.807, 2.05) is 25.5 Å². The molecule has 1 aromatic carbocycles. The molecule has 0 aliphatic rings. The second-order valence-corrected chi connectivity index (χ2v) is 4.52. The molecule has 1 heterocycles. The molecule has 19 heavy (non-hydrogen) atoms. The van der Waals surface area contributed by atoms with E-state index in [4.69, 9.17) is 4.74 Å². The van der Waals surface area contributed by atoms with Crippen molar-refractivity contribution in [1.29, 1.82) is 0 Å². The van der Waals surface area contributed by atoms with Crippen LogP contribution in [-0.4, -0.2) is 23.7 Å². The maximum atomic E-state index is 5.31. The van der Waals surface area contributed by atoms with E-state index in [0.717, 1.165) is 23.7 Å². The first-order valence-electron chi connectivity index (χ1n) is 6.54. The monoisotopic (exact) mass is 259 g/mol. The van der Waals surface area contributed by atoms with Crippen LogP contribution in [0, 0.1) is 6.92 Å². The number of hydrogen-bond acceptors (Lipinski definition) is 3. The van der Waals surface area contributed by atoms with Crippen molar-refractivity contribution in [2.75, 3.05) is 14.2 Å². The van der Waals surface area contributed by atoms with Gasteiger partial charge in [-0.25, -0.2) is 4.98 Å². The molecule has 4 nitrogen and oxygen atoms in total. The number of methoxy groups -OCH3 is 1. The third-order valence-electron chi connectivity index (χ3n) is 3.39. The Morgan fingerprint density at radius 1 is 1.42 bits per heavy atom. The van der Waals surface area contributed by atoms with Crippen LogP contribution in [0.15, 0.2) is 30.6 Å². The van der Waals surface area contributed by atoms with Crippen molar-refractivity contribution >= 4 is 0 Å². The van der Waals surface area contributed by atoms with Crippen molar-refractivity contribution in [1.82, 2.24) is 14.9 Å². The van der Waals surface area contributed by atoms with Gasteiger partial charge in [0, 0.05) is 18.9 Å². The molecule has 2 rings (SSSR count). The van der Waals surface area contributed by atoms with Crippen LogP contribution >= 0.6 is 0 Å². The third-order valence-corrected chi connectivity index (χ3v) is 3.39. The van der Waals surface area contributed by atoms with E-state index in [1.165, 1.54) is 5.56 Å². The highest BCUT2D eigenvalue weighted by molar-refractivity contribution is 5.39. The molecular weight excluding hydrogens is 238 g/mol. The van der Waals surface area contributed by atoms with E-state index in [0.29, 0.717) is 0 Å². The minimum absolute atomic E-state index is 0.0968. The quantitative estimate of drug-likeness (QED) is 0.897. The SMILES string of the molecule is CCn1ccnc1C(NC)c1ccc(OC)c(C)c1. The van der Waals surface area contributed by atoms with Crippen LogP contribution in [0.5, 0.6) is 5.75 Å². The fraction of sp³-hybridized carbons (Fsp3) is 0.400. The predicted molar refractivity (Wildman–Crippen MR) is 76.5 cm³/mol. The van der Waals surface area contributed by atoms with Crippen molar-refractivity contribution in [3.05, 3.63) is 47.5 Å². The van der Waals surface area contributed by atoms with Gasteiger partial charge in [-0.2, -0.15) is 0 Å². The summed E-state index contributed by atoms with van der Waals surface area (Å²) in [6.07, 6.45) is 3.86.